The zero-order chi connectivity index (χ0) is 15.1. The normalized spacial score (nSPS) is 20.1. The van der Waals surface area contributed by atoms with E-state index in [0.717, 1.165) is 0 Å². The summed E-state index contributed by atoms with van der Waals surface area (Å²) in [5.41, 5.74) is 0.516. The number of benzene rings is 1. The van der Waals surface area contributed by atoms with Crippen molar-refractivity contribution in [2.45, 2.75) is 24.0 Å². The SMILES string of the molecule is C#CCN1C(=O)C(C)S(=O)(=O)c2ccc(C(C)=O)cc21. The van der Waals surface area contributed by atoms with Gasteiger partial charge >= 0.3 is 0 Å². The van der Waals surface area contributed by atoms with E-state index in [0.29, 0.717) is 5.56 Å². The number of hydrogen-bond donors (Lipinski definition) is 0. The Kier molecular flexibility index (Phi) is 3.40. The standard InChI is InChI=1S/C14H13NO4S/c1-4-7-15-12-8-11(9(2)16)5-6-13(12)20(18,19)10(3)14(15)17/h1,5-6,8,10H,7H2,2-3H3. The fraction of sp³-hybridized carbons (Fsp3) is 0.286. The van der Waals surface area contributed by atoms with E-state index in [-0.39, 0.29) is 22.9 Å². The number of carbonyl (C=O) groups is 2. The van der Waals surface area contributed by atoms with Gasteiger partial charge in [0, 0.05) is 5.56 Å². The molecule has 1 unspecified atom stereocenters. The second-order valence-electron chi connectivity index (χ2n) is 4.55. The first-order valence-electron chi connectivity index (χ1n) is 5.94. The van der Waals surface area contributed by atoms with Crippen LogP contribution in [0.1, 0.15) is 24.2 Å². The molecule has 1 aliphatic heterocycles. The lowest BCUT2D eigenvalue weighted by atomic mass is 10.1. The molecule has 0 saturated heterocycles. The highest BCUT2D eigenvalue weighted by molar-refractivity contribution is 7.93. The number of hydrogen-bond acceptors (Lipinski definition) is 4. The van der Waals surface area contributed by atoms with Crippen LogP contribution in [0.3, 0.4) is 0 Å². The molecule has 0 bridgehead atoms. The second-order valence-corrected chi connectivity index (χ2v) is 6.79. The van der Waals surface area contributed by atoms with E-state index in [9.17, 15) is 18.0 Å². The van der Waals surface area contributed by atoms with E-state index in [2.05, 4.69) is 5.92 Å². The predicted octanol–water partition coefficient (Wildman–Crippen LogP) is 1.03. The molecule has 0 radical (unpaired) electrons. The topological polar surface area (TPSA) is 71.5 Å². The van der Waals surface area contributed by atoms with E-state index in [1.165, 1.54) is 36.9 Å². The van der Waals surface area contributed by atoms with Crippen molar-refractivity contribution >= 4 is 27.2 Å². The largest absolute Gasteiger partial charge is 0.298 e. The summed E-state index contributed by atoms with van der Waals surface area (Å²) < 4.78 is 24.5. The Balaban J connectivity index is 2.75. The number of amides is 1. The summed E-state index contributed by atoms with van der Waals surface area (Å²) in [6.45, 7) is 2.67. The molecule has 0 saturated carbocycles. The Bertz CT molecular complexity index is 743. The van der Waals surface area contributed by atoms with Gasteiger partial charge in [-0.3, -0.25) is 14.5 Å². The van der Waals surface area contributed by atoms with Crippen LogP contribution in [0.15, 0.2) is 23.1 Å². The number of Topliss-reactive ketones (excluding diaryl/α,β-unsaturated/α-hetero) is 1. The lowest BCUT2D eigenvalue weighted by Crippen LogP contribution is -2.46. The van der Waals surface area contributed by atoms with Gasteiger partial charge in [-0.15, -0.1) is 6.42 Å². The van der Waals surface area contributed by atoms with E-state index >= 15 is 0 Å². The maximum Gasteiger partial charge on any atom is 0.246 e. The maximum absolute atomic E-state index is 12.3. The molecule has 0 aliphatic carbocycles. The number of terminal acetylenes is 1. The van der Waals surface area contributed by atoms with Gasteiger partial charge in [0.1, 0.15) is 5.25 Å². The average molecular weight is 291 g/mol. The van der Waals surface area contributed by atoms with E-state index in [4.69, 9.17) is 6.42 Å². The van der Waals surface area contributed by atoms with Gasteiger partial charge in [0.05, 0.1) is 17.1 Å². The lowest BCUT2D eigenvalue weighted by Gasteiger charge is -2.31. The molecule has 1 aromatic rings. The van der Waals surface area contributed by atoms with Gasteiger partial charge < -0.3 is 0 Å². The van der Waals surface area contributed by atoms with Crippen molar-refractivity contribution < 1.29 is 18.0 Å². The minimum absolute atomic E-state index is 0.0323. The fourth-order valence-corrected chi connectivity index (χ4v) is 3.60. The highest BCUT2D eigenvalue weighted by Gasteiger charge is 2.41. The zero-order valence-electron chi connectivity index (χ0n) is 11.1. The summed E-state index contributed by atoms with van der Waals surface area (Å²) >= 11 is 0. The van der Waals surface area contributed by atoms with Crippen LogP contribution in [0, 0.1) is 12.3 Å². The molecule has 0 fully saturated rings. The van der Waals surface area contributed by atoms with Gasteiger partial charge in [-0.25, -0.2) is 8.42 Å². The average Bonchev–Trinajstić information content (AvgIpc) is 2.41. The summed E-state index contributed by atoms with van der Waals surface area (Å²) in [4.78, 5) is 24.8. The highest BCUT2D eigenvalue weighted by Crippen LogP contribution is 2.35. The van der Waals surface area contributed by atoms with Gasteiger partial charge in [0.15, 0.2) is 15.6 Å². The number of rotatable bonds is 2. The Morgan fingerprint density at radius 2 is 2.10 bits per heavy atom. The number of nitrogens with zero attached hydrogens (tertiary/aromatic N) is 1. The summed E-state index contributed by atoms with van der Waals surface area (Å²) in [6.07, 6.45) is 5.23. The van der Waals surface area contributed by atoms with Crippen LogP contribution in [0.25, 0.3) is 0 Å². The monoisotopic (exact) mass is 291 g/mol. The molecule has 20 heavy (non-hydrogen) atoms. The van der Waals surface area contributed by atoms with Crippen LogP contribution in [-0.2, 0) is 14.6 Å². The minimum Gasteiger partial charge on any atom is -0.298 e. The Morgan fingerprint density at radius 1 is 1.45 bits per heavy atom. The molecule has 104 valence electrons. The van der Waals surface area contributed by atoms with Gasteiger partial charge in [-0.05, 0) is 32.0 Å². The molecular weight excluding hydrogens is 278 g/mol. The third kappa shape index (κ3) is 2.00. The maximum atomic E-state index is 12.3. The first-order valence-corrected chi connectivity index (χ1v) is 7.49. The van der Waals surface area contributed by atoms with Crippen molar-refractivity contribution in [1.29, 1.82) is 0 Å². The van der Waals surface area contributed by atoms with Crippen LogP contribution in [-0.4, -0.2) is 31.9 Å². The van der Waals surface area contributed by atoms with Crippen LogP contribution in [0.4, 0.5) is 5.69 Å². The van der Waals surface area contributed by atoms with Crippen LogP contribution in [0.2, 0.25) is 0 Å². The number of ketones is 1. The molecule has 1 amide bonds. The van der Waals surface area contributed by atoms with E-state index < -0.39 is 21.0 Å². The lowest BCUT2D eigenvalue weighted by molar-refractivity contribution is -0.118. The summed E-state index contributed by atoms with van der Waals surface area (Å²) in [6, 6.07) is 4.19. The van der Waals surface area contributed by atoms with Crippen molar-refractivity contribution in [3.63, 3.8) is 0 Å². The quantitative estimate of drug-likeness (QED) is 0.603. The first kappa shape index (κ1) is 14.3. The number of anilines is 1. The second kappa shape index (κ2) is 4.76. The molecule has 0 aromatic heterocycles. The smallest absolute Gasteiger partial charge is 0.246 e. The van der Waals surface area contributed by atoms with Gasteiger partial charge in [-0.2, -0.15) is 0 Å². The summed E-state index contributed by atoms with van der Waals surface area (Å²) in [7, 11) is -3.73. The molecule has 1 aliphatic rings. The zero-order valence-corrected chi connectivity index (χ0v) is 11.9. The molecule has 6 heteroatoms. The molecule has 0 spiro atoms. The predicted molar refractivity (Wildman–Crippen MR) is 74.3 cm³/mol. The van der Waals surface area contributed by atoms with Crippen LogP contribution >= 0.6 is 0 Å². The number of carbonyl (C=O) groups excluding carboxylic acids is 2. The van der Waals surface area contributed by atoms with Gasteiger partial charge in [0.25, 0.3) is 0 Å². The summed E-state index contributed by atoms with van der Waals surface area (Å²) in [5, 5.41) is -1.17. The van der Waals surface area contributed by atoms with Crippen molar-refractivity contribution in [2.75, 3.05) is 11.4 Å². The third-order valence-electron chi connectivity index (χ3n) is 3.29. The molecule has 5 nitrogen and oxygen atoms in total. The molecule has 1 heterocycles. The van der Waals surface area contributed by atoms with Crippen molar-refractivity contribution in [3.8, 4) is 12.3 Å². The molecule has 1 aromatic carbocycles. The summed E-state index contributed by atoms with van der Waals surface area (Å²) in [5.74, 6) is 1.55. The Hall–Kier alpha value is -2.13. The van der Waals surface area contributed by atoms with Crippen LogP contribution in [0.5, 0.6) is 0 Å². The van der Waals surface area contributed by atoms with Crippen molar-refractivity contribution in [3.05, 3.63) is 23.8 Å². The number of fused-ring (bicyclic) bond motifs is 1. The van der Waals surface area contributed by atoms with Crippen molar-refractivity contribution in [2.24, 2.45) is 0 Å². The van der Waals surface area contributed by atoms with Gasteiger partial charge in [0.2, 0.25) is 5.91 Å². The molecule has 1 atom stereocenters. The first-order chi connectivity index (χ1) is 9.30. The van der Waals surface area contributed by atoms with E-state index in [1.54, 1.807) is 0 Å². The Labute approximate surface area is 117 Å². The van der Waals surface area contributed by atoms with E-state index in [1.807, 2.05) is 0 Å². The van der Waals surface area contributed by atoms with Crippen LogP contribution < -0.4 is 4.90 Å². The van der Waals surface area contributed by atoms with Crippen molar-refractivity contribution in [1.82, 2.24) is 0 Å². The third-order valence-corrected chi connectivity index (χ3v) is 5.38. The fourth-order valence-electron chi connectivity index (χ4n) is 2.10. The molecule has 0 N–H and O–H groups in total. The number of sulfone groups is 1. The Morgan fingerprint density at radius 3 is 2.65 bits per heavy atom. The van der Waals surface area contributed by atoms with Gasteiger partial charge in [-0.1, -0.05) is 5.92 Å². The highest BCUT2D eigenvalue weighted by atomic mass is 32.2. The minimum atomic E-state index is -3.73. The molecular formula is C14H13NO4S. The molecule has 2 rings (SSSR count).